The van der Waals surface area contributed by atoms with Gasteiger partial charge in [-0.25, -0.2) is 9.18 Å². The van der Waals surface area contributed by atoms with Crippen molar-refractivity contribution in [3.63, 3.8) is 0 Å². The molecule has 2 N–H and O–H groups in total. The molecule has 32 heavy (non-hydrogen) atoms. The van der Waals surface area contributed by atoms with Gasteiger partial charge in [0.05, 0.1) is 0 Å². The van der Waals surface area contributed by atoms with Crippen LogP contribution in [-0.4, -0.2) is 41.9 Å². The van der Waals surface area contributed by atoms with Crippen LogP contribution in [0.3, 0.4) is 0 Å². The number of carbonyl (C=O) groups excluding carboxylic acids is 3. The van der Waals surface area contributed by atoms with Crippen LogP contribution >= 0.6 is 0 Å². The van der Waals surface area contributed by atoms with Gasteiger partial charge in [0.1, 0.15) is 11.6 Å². The molecular formula is C24H24FN3O4. The Balaban J connectivity index is 1.31. The number of halogens is 1. The molecule has 2 fully saturated rings. The summed E-state index contributed by atoms with van der Waals surface area (Å²) in [7, 11) is 0. The van der Waals surface area contributed by atoms with Gasteiger partial charge in [-0.2, -0.15) is 0 Å². The number of amides is 4. The van der Waals surface area contributed by atoms with E-state index in [2.05, 4.69) is 22.8 Å². The van der Waals surface area contributed by atoms with Gasteiger partial charge < -0.3 is 15.0 Å². The third-order valence-electron chi connectivity index (χ3n) is 6.67. The van der Waals surface area contributed by atoms with Crippen LogP contribution in [0.5, 0.6) is 5.75 Å². The highest BCUT2D eigenvalue weighted by molar-refractivity contribution is 6.08. The van der Waals surface area contributed by atoms with Crippen LogP contribution in [0, 0.1) is 11.7 Å². The molecule has 3 aliphatic rings. The molecule has 8 heteroatoms. The topological polar surface area (TPSA) is 87.7 Å². The minimum atomic E-state index is -1.52. The SMILES string of the molecule is O=C1NC(=O)[C@@]2(C[C@@H](C(=O)N3CCC(Cc4ccccc4)CC3)Oc3ccc(F)cc32)N1. The zero-order valence-corrected chi connectivity index (χ0v) is 17.5. The summed E-state index contributed by atoms with van der Waals surface area (Å²) in [5, 5.41) is 4.82. The van der Waals surface area contributed by atoms with E-state index < -0.39 is 29.4 Å². The van der Waals surface area contributed by atoms with E-state index in [1.807, 2.05) is 18.2 Å². The number of likely N-dealkylation sites (tertiary alicyclic amines) is 1. The molecule has 166 valence electrons. The Labute approximate surface area is 184 Å². The molecule has 0 aliphatic carbocycles. The summed E-state index contributed by atoms with van der Waals surface area (Å²) in [6, 6.07) is 13.4. The van der Waals surface area contributed by atoms with Crippen LogP contribution in [0.25, 0.3) is 0 Å². The van der Waals surface area contributed by atoms with Crippen molar-refractivity contribution in [3.8, 4) is 5.75 Å². The van der Waals surface area contributed by atoms with Crippen LogP contribution < -0.4 is 15.4 Å². The summed E-state index contributed by atoms with van der Waals surface area (Å²) >= 11 is 0. The second kappa shape index (κ2) is 7.93. The standard InChI is InChI=1S/C24H24FN3O4/c25-17-6-7-19-18(13-17)24(22(30)26-23(31)27-24)14-20(32-19)21(29)28-10-8-16(9-11-28)12-15-4-2-1-3-5-15/h1-7,13,16,20H,8-12,14H2,(H2,26,27,30,31)/t20-,24-/m0/s1. The van der Waals surface area contributed by atoms with Crippen LogP contribution in [0.2, 0.25) is 0 Å². The summed E-state index contributed by atoms with van der Waals surface area (Å²) in [6.07, 6.45) is 1.73. The molecule has 2 aromatic rings. The Bertz CT molecular complexity index is 1070. The molecule has 4 amide bonds. The fraction of sp³-hybridized carbons (Fsp3) is 0.375. The Morgan fingerprint density at radius 3 is 2.56 bits per heavy atom. The first-order chi connectivity index (χ1) is 15.4. The molecule has 5 rings (SSSR count). The number of nitrogens with one attached hydrogen (secondary N) is 2. The normalized spacial score (nSPS) is 25.2. The predicted molar refractivity (Wildman–Crippen MR) is 113 cm³/mol. The fourth-order valence-electron chi connectivity index (χ4n) is 4.99. The number of hydrogen-bond donors (Lipinski definition) is 2. The molecule has 0 bridgehead atoms. The van der Waals surface area contributed by atoms with Gasteiger partial charge in [-0.1, -0.05) is 30.3 Å². The van der Waals surface area contributed by atoms with Gasteiger partial charge in [-0.15, -0.1) is 0 Å². The summed E-state index contributed by atoms with van der Waals surface area (Å²) in [4.78, 5) is 39.7. The molecule has 0 unspecified atom stereocenters. The lowest BCUT2D eigenvalue weighted by atomic mass is 9.81. The molecule has 7 nitrogen and oxygen atoms in total. The third kappa shape index (κ3) is 3.59. The van der Waals surface area contributed by atoms with Crippen LogP contribution in [0.15, 0.2) is 48.5 Å². The smallest absolute Gasteiger partial charge is 0.322 e. The molecule has 3 heterocycles. The quantitative estimate of drug-likeness (QED) is 0.723. The summed E-state index contributed by atoms with van der Waals surface area (Å²) in [5.41, 5.74) is 0.00626. The van der Waals surface area contributed by atoms with Crippen molar-refractivity contribution in [2.45, 2.75) is 37.3 Å². The highest BCUT2D eigenvalue weighted by Crippen LogP contribution is 2.42. The van der Waals surface area contributed by atoms with E-state index in [-0.39, 0.29) is 23.6 Å². The van der Waals surface area contributed by atoms with E-state index in [9.17, 15) is 18.8 Å². The zero-order valence-electron chi connectivity index (χ0n) is 17.5. The van der Waals surface area contributed by atoms with Gasteiger partial charge in [0.15, 0.2) is 11.6 Å². The number of imide groups is 1. The molecule has 3 aliphatic heterocycles. The maximum absolute atomic E-state index is 13.9. The van der Waals surface area contributed by atoms with Gasteiger partial charge in [-0.05, 0) is 48.9 Å². The van der Waals surface area contributed by atoms with Gasteiger partial charge >= 0.3 is 6.03 Å². The molecule has 2 atom stereocenters. The molecule has 0 saturated carbocycles. The minimum Gasteiger partial charge on any atom is -0.480 e. The van der Waals surface area contributed by atoms with Crippen LogP contribution in [-0.2, 0) is 21.5 Å². The number of fused-ring (bicyclic) bond motifs is 2. The summed E-state index contributed by atoms with van der Waals surface area (Å²) in [5.74, 6) is -0.634. The monoisotopic (exact) mass is 437 g/mol. The predicted octanol–water partition coefficient (Wildman–Crippen LogP) is 2.49. The maximum atomic E-state index is 13.9. The van der Waals surface area contributed by atoms with Crippen molar-refractivity contribution >= 4 is 17.8 Å². The number of ether oxygens (including phenoxy) is 1. The molecule has 1 spiro atoms. The average Bonchev–Trinajstić information content (AvgIpc) is 3.08. The zero-order chi connectivity index (χ0) is 22.3. The van der Waals surface area contributed by atoms with Gasteiger partial charge in [-0.3, -0.25) is 14.9 Å². The minimum absolute atomic E-state index is 0.0796. The molecule has 2 aromatic carbocycles. The first kappa shape index (κ1) is 20.5. The first-order valence-corrected chi connectivity index (χ1v) is 10.9. The van der Waals surface area contributed by atoms with Crippen LogP contribution in [0.1, 0.15) is 30.4 Å². The van der Waals surface area contributed by atoms with Crippen molar-refractivity contribution in [2.75, 3.05) is 13.1 Å². The van der Waals surface area contributed by atoms with Crippen molar-refractivity contribution < 1.29 is 23.5 Å². The van der Waals surface area contributed by atoms with E-state index in [4.69, 9.17) is 4.74 Å². The number of benzene rings is 2. The highest BCUT2D eigenvalue weighted by atomic mass is 19.1. The maximum Gasteiger partial charge on any atom is 0.322 e. The average molecular weight is 437 g/mol. The first-order valence-electron chi connectivity index (χ1n) is 10.9. The Morgan fingerprint density at radius 2 is 1.88 bits per heavy atom. The molecule has 2 saturated heterocycles. The van der Waals surface area contributed by atoms with Crippen molar-refractivity contribution in [1.82, 2.24) is 15.5 Å². The second-order valence-corrected chi connectivity index (χ2v) is 8.72. The number of nitrogens with zero attached hydrogens (tertiary/aromatic N) is 1. The summed E-state index contributed by atoms with van der Waals surface area (Å²) in [6.45, 7) is 1.22. The molecular weight excluding hydrogens is 413 g/mol. The van der Waals surface area contributed by atoms with E-state index in [0.29, 0.717) is 19.0 Å². The molecule has 0 aromatic heterocycles. The van der Waals surface area contributed by atoms with E-state index in [0.717, 1.165) is 19.3 Å². The number of urea groups is 1. The number of hydrogen-bond acceptors (Lipinski definition) is 4. The highest BCUT2D eigenvalue weighted by Gasteiger charge is 2.55. The lowest BCUT2D eigenvalue weighted by Crippen LogP contribution is -2.55. The van der Waals surface area contributed by atoms with Gasteiger partial charge in [0.25, 0.3) is 11.8 Å². The van der Waals surface area contributed by atoms with E-state index in [1.54, 1.807) is 4.90 Å². The summed E-state index contributed by atoms with van der Waals surface area (Å²) < 4.78 is 19.8. The number of piperidine rings is 1. The Hall–Kier alpha value is -3.42. The lowest BCUT2D eigenvalue weighted by molar-refractivity contribution is -0.143. The lowest BCUT2D eigenvalue weighted by Gasteiger charge is -2.40. The van der Waals surface area contributed by atoms with Crippen LogP contribution in [0.4, 0.5) is 9.18 Å². The second-order valence-electron chi connectivity index (χ2n) is 8.72. The van der Waals surface area contributed by atoms with E-state index in [1.165, 1.54) is 23.8 Å². The van der Waals surface area contributed by atoms with E-state index >= 15 is 0 Å². The van der Waals surface area contributed by atoms with Gasteiger partial charge in [0, 0.05) is 25.1 Å². The van der Waals surface area contributed by atoms with Crippen molar-refractivity contribution in [2.24, 2.45) is 5.92 Å². The van der Waals surface area contributed by atoms with Crippen molar-refractivity contribution in [1.29, 1.82) is 0 Å². The largest absolute Gasteiger partial charge is 0.480 e. The fourth-order valence-corrected chi connectivity index (χ4v) is 4.99. The number of rotatable bonds is 3. The van der Waals surface area contributed by atoms with Gasteiger partial charge in [0.2, 0.25) is 0 Å². The third-order valence-corrected chi connectivity index (χ3v) is 6.67. The Kier molecular flexibility index (Phi) is 5.07. The molecule has 0 radical (unpaired) electrons. The Morgan fingerprint density at radius 1 is 1.12 bits per heavy atom. The van der Waals surface area contributed by atoms with Crippen molar-refractivity contribution in [3.05, 3.63) is 65.5 Å². The number of carbonyl (C=O) groups is 3.